The van der Waals surface area contributed by atoms with Crippen LogP contribution in [-0.4, -0.2) is 13.6 Å². The quantitative estimate of drug-likeness (QED) is 0.851. The van der Waals surface area contributed by atoms with E-state index in [4.69, 9.17) is 0 Å². The third-order valence-corrected chi connectivity index (χ3v) is 4.05. The Morgan fingerprint density at radius 2 is 1.95 bits per heavy atom. The predicted molar refractivity (Wildman–Crippen MR) is 85.7 cm³/mol. The fourth-order valence-electron chi connectivity index (χ4n) is 2.55. The Balaban J connectivity index is 2.30. The molecule has 106 valence electrons. The molecule has 20 heavy (non-hydrogen) atoms. The molecule has 0 saturated heterocycles. The van der Waals surface area contributed by atoms with Crippen molar-refractivity contribution < 1.29 is 4.39 Å². The first-order valence-corrected chi connectivity index (χ1v) is 7.55. The van der Waals surface area contributed by atoms with Gasteiger partial charge in [-0.2, -0.15) is 0 Å². The van der Waals surface area contributed by atoms with Gasteiger partial charge in [0.2, 0.25) is 0 Å². The molecule has 1 nitrogen and oxygen atoms in total. The third-order valence-electron chi connectivity index (χ3n) is 3.55. The maximum atomic E-state index is 13.9. The standard InChI is InChI=1S/C17H19BrFN/c1-12-5-3-4-6-16(12)14(11-20-2)9-13-10-15(18)7-8-17(13)19/h3-8,10,14,20H,9,11H2,1-2H3. The number of likely N-dealkylation sites (N-methyl/N-ethyl adjacent to an activating group) is 1. The van der Waals surface area contributed by atoms with Gasteiger partial charge in [-0.1, -0.05) is 40.2 Å². The largest absolute Gasteiger partial charge is 0.319 e. The molecule has 2 aromatic rings. The van der Waals surface area contributed by atoms with E-state index in [9.17, 15) is 4.39 Å². The van der Waals surface area contributed by atoms with Crippen LogP contribution >= 0.6 is 15.9 Å². The Hall–Kier alpha value is -1.19. The van der Waals surface area contributed by atoms with Gasteiger partial charge < -0.3 is 5.32 Å². The van der Waals surface area contributed by atoms with E-state index in [1.807, 2.05) is 25.2 Å². The number of nitrogens with one attached hydrogen (secondary N) is 1. The number of hydrogen-bond donors (Lipinski definition) is 1. The van der Waals surface area contributed by atoms with Crippen LogP contribution in [0.4, 0.5) is 4.39 Å². The minimum atomic E-state index is -0.136. The van der Waals surface area contributed by atoms with Crippen molar-refractivity contribution in [1.82, 2.24) is 5.32 Å². The van der Waals surface area contributed by atoms with E-state index >= 15 is 0 Å². The summed E-state index contributed by atoms with van der Waals surface area (Å²) >= 11 is 3.41. The molecule has 0 bridgehead atoms. The van der Waals surface area contributed by atoms with E-state index in [2.05, 4.69) is 40.3 Å². The number of benzene rings is 2. The Kier molecular flexibility index (Phi) is 5.32. The summed E-state index contributed by atoms with van der Waals surface area (Å²) in [5.41, 5.74) is 3.28. The molecule has 2 rings (SSSR count). The van der Waals surface area contributed by atoms with Gasteiger partial charge in [-0.25, -0.2) is 4.39 Å². The van der Waals surface area contributed by atoms with Crippen molar-refractivity contribution in [3.63, 3.8) is 0 Å². The van der Waals surface area contributed by atoms with E-state index < -0.39 is 0 Å². The highest BCUT2D eigenvalue weighted by Crippen LogP contribution is 2.26. The van der Waals surface area contributed by atoms with Crippen LogP contribution in [0.25, 0.3) is 0 Å². The van der Waals surface area contributed by atoms with Crippen molar-refractivity contribution in [2.45, 2.75) is 19.3 Å². The lowest BCUT2D eigenvalue weighted by atomic mass is 9.89. The zero-order valence-electron chi connectivity index (χ0n) is 11.8. The Bertz CT molecular complexity index is 583. The number of rotatable bonds is 5. The van der Waals surface area contributed by atoms with Crippen LogP contribution in [0.2, 0.25) is 0 Å². The maximum absolute atomic E-state index is 13.9. The lowest BCUT2D eigenvalue weighted by Crippen LogP contribution is -2.20. The summed E-state index contributed by atoms with van der Waals surface area (Å²) in [5, 5.41) is 3.21. The van der Waals surface area contributed by atoms with E-state index in [0.717, 1.165) is 16.6 Å². The average molecular weight is 336 g/mol. The van der Waals surface area contributed by atoms with Crippen molar-refractivity contribution in [1.29, 1.82) is 0 Å². The number of aryl methyl sites for hydroxylation is 1. The minimum Gasteiger partial charge on any atom is -0.319 e. The van der Waals surface area contributed by atoms with Crippen molar-refractivity contribution >= 4 is 15.9 Å². The van der Waals surface area contributed by atoms with Crippen molar-refractivity contribution in [3.05, 3.63) is 69.4 Å². The minimum absolute atomic E-state index is 0.136. The van der Waals surface area contributed by atoms with E-state index in [-0.39, 0.29) is 11.7 Å². The molecule has 0 saturated carbocycles. The second-order valence-electron chi connectivity index (χ2n) is 5.05. The molecule has 0 fully saturated rings. The van der Waals surface area contributed by atoms with Gasteiger partial charge in [-0.05, 0) is 55.3 Å². The fourth-order valence-corrected chi connectivity index (χ4v) is 2.96. The second kappa shape index (κ2) is 7.00. The van der Waals surface area contributed by atoms with Gasteiger partial charge >= 0.3 is 0 Å². The molecule has 0 aliphatic heterocycles. The smallest absolute Gasteiger partial charge is 0.126 e. The molecule has 0 aliphatic rings. The highest BCUT2D eigenvalue weighted by molar-refractivity contribution is 9.10. The maximum Gasteiger partial charge on any atom is 0.126 e. The van der Waals surface area contributed by atoms with Crippen LogP contribution in [0, 0.1) is 12.7 Å². The topological polar surface area (TPSA) is 12.0 Å². The average Bonchev–Trinajstić information content (AvgIpc) is 2.43. The summed E-state index contributed by atoms with van der Waals surface area (Å²) in [6, 6.07) is 13.4. The zero-order chi connectivity index (χ0) is 14.5. The van der Waals surface area contributed by atoms with Crippen LogP contribution in [0.15, 0.2) is 46.9 Å². The summed E-state index contributed by atoms with van der Waals surface area (Å²) in [6.07, 6.45) is 0.691. The first kappa shape index (κ1) is 15.2. The highest BCUT2D eigenvalue weighted by Gasteiger charge is 2.16. The zero-order valence-corrected chi connectivity index (χ0v) is 13.4. The highest BCUT2D eigenvalue weighted by atomic mass is 79.9. The van der Waals surface area contributed by atoms with Gasteiger partial charge in [0, 0.05) is 16.9 Å². The summed E-state index contributed by atoms with van der Waals surface area (Å²) in [6.45, 7) is 2.94. The van der Waals surface area contributed by atoms with Gasteiger partial charge in [-0.3, -0.25) is 0 Å². The molecule has 3 heteroatoms. The Morgan fingerprint density at radius 1 is 1.20 bits per heavy atom. The number of hydrogen-bond acceptors (Lipinski definition) is 1. The molecular weight excluding hydrogens is 317 g/mol. The van der Waals surface area contributed by atoms with Crippen LogP contribution in [0.1, 0.15) is 22.6 Å². The molecule has 2 aromatic carbocycles. The molecule has 0 aliphatic carbocycles. The molecule has 0 amide bonds. The van der Waals surface area contributed by atoms with Crippen LogP contribution in [-0.2, 0) is 6.42 Å². The lowest BCUT2D eigenvalue weighted by molar-refractivity contribution is 0.573. The fraction of sp³-hybridized carbons (Fsp3) is 0.294. The summed E-state index contributed by atoms with van der Waals surface area (Å²) in [5.74, 6) is 0.132. The molecule has 0 radical (unpaired) electrons. The summed E-state index contributed by atoms with van der Waals surface area (Å²) in [4.78, 5) is 0. The van der Waals surface area contributed by atoms with Crippen molar-refractivity contribution in [2.24, 2.45) is 0 Å². The van der Waals surface area contributed by atoms with Crippen LogP contribution in [0.3, 0.4) is 0 Å². The summed E-state index contributed by atoms with van der Waals surface area (Å²) in [7, 11) is 1.93. The van der Waals surface area contributed by atoms with Crippen LogP contribution in [0.5, 0.6) is 0 Å². The Morgan fingerprint density at radius 3 is 2.65 bits per heavy atom. The third kappa shape index (κ3) is 3.68. The van der Waals surface area contributed by atoms with Gasteiger partial charge in [0.25, 0.3) is 0 Å². The van der Waals surface area contributed by atoms with Gasteiger partial charge in [0.1, 0.15) is 5.82 Å². The summed E-state index contributed by atoms with van der Waals surface area (Å²) < 4.78 is 14.9. The number of halogens is 2. The van der Waals surface area contributed by atoms with Gasteiger partial charge in [-0.15, -0.1) is 0 Å². The molecule has 1 unspecified atom stereocenters. The second-order valence-corrected chi connectivity index (χ2v) is 5.97. The van der Waals surface area contributed by atoms with Crippen molar-refractivity contribution in [3.8, 4) is 0 Å². The van der Waals surface area contributed by atoms with E-state index in [0.29, 0.717) is 6.42 Å². The van der Waals surface area contributed by atoms with Gasteiger partial charge in [0.05, 0.1) is 0 Å². The lowest BCUT2D eigenvalue weighted by Gasteiger charge is -2.20. The monoisotopic (exact) mass is 335 g/mol. The predicted octanol–water partition coefficient (Wildman–Crippen LogP) is 4.44. The first-order chi connectivity index (χ1) is 9.61. The molecule has 0 spiro atoms. The molecule has 1 N–H and O–H groups in total. The van der Waals surface area contributed by atoms with E-state index in [1.165, 1.54) is 17.2 Å². The Labute approximate surface area is 128 Å². The van der Waals surface area contributed by atoms with Crippen molar-refractivity contribution in [2.75, 3.05) is 13.6 Å². The first-order valence-electron chi connectivity index (χ1n) is 6.76. The van der Waals surface area contributed by atoms with E-state index in [1.54, 1.807) is 6.07 Å². The molecule has 0 aromatic heterocycles. The van der Waals surface area contributed by atoms with Crippen LogP contribution < -0.4 is 5.32 Å². The van der Waals surface area contributed by atoms with Gasteiger partial charge in [0.15, 0.2) is 0 Å². The molecular formula is C17H19BrFN. The normalized spacial score (nSPS) is 12.4. The molecule has 1 atom stereocenters. The SMILES string of the molecule is CNCC(Cc1cc(Br)ccc1F)c1ccccc1C. The molecule has 0 heterocycles.